The van der Waals surface area contributed by atoms with Crippen LogP contribution in [0.2, 0.25) is 0 Å². The molecule has 1 unspecified atom stereocenters. The summed E-state index contributed by atoms with van der Waals surface area (Å²) in [6.07, 6.45) is 0.0137. The summed E-state index contributed by atoms with van der Waals surface area (Å²) in [6, 6.07) is 5.11. The normalized spacial score (nSPS) is 18.5. The van der Waals surface area contributed by atoms with E-state index in [1.807, 2.05) is 6.92 Å². The average molecular weight is 330 g/mol. The maximum Gasteiger partial charge on any atom is 0.374 e. The highest BCUT2D eigenvalue weighted by atomic mass is 16.6. The number of carbonyl (C=O) groups excluding carboxylic acids is 3. The zero-order valence-corrected chi connectivity index (χ0v) is 13.2. The third kappa shape index (κ3) is 2.34. The monoisotopic (exact) mass is 330 g/mol. The largest absolute Gasteiger partial charge is 0.479 e. The molecule has 0 bridgehead atoms. The van der Waals surface area contributed by atoms with Crippen LogP contribution in [0.3, 0.4) is 0 Å². The number of hydrogen-bond acceptors (Lipinski definition) is 7. The topological polar surface area (TPSA) is 88.1 Å². The van der Waals surface area contributed by atoms with E-state index in [0.717, 1.165) is 26.0 Å². The van der Waals surface area contributed by atoms with E-state index in [-0.39, 0.29) is 22.7 Å². The molecule has 2 aliphatic rings. The number of benzene rings is 1. The summed E-state index contributed by atoms with van der Waals surface area (Å²) in [6.45, 7) is 1.85. The van der Waals surface area contributed by atoms with Crippen LogP contribution in [0, 0.1) is 6.92 Å². The van der Waals surface area contributed by atoms with E-state index < -0.39 is 18.0 Å². The van der Waals surface area contributed by atoms with Crippen LogP contribution in [-0.2, 0) is 23.8 Å². The van der Waals surface area contributed by atoms with Gasteiger partial charge in [-0.3, -0.25) is 4.79 Å². The second-order valence-electron chi connectivity index (χ2n) is 5.24. The second-order valence-corrected chi connectivity index (χ2v) is 5.24. The number of Topliss-reactive ketones (excluding diaryl/α,β-unsaturated/α-hetero) is 1. The lowest BCUT2D eigenvalue weighted by Crippen LogP contribution is -2.39. The molecule has 3 rings (SSSR count). The molecule has 1 aromatic carbocycles. The van der Waals surface area contributed by atoms with Gasteiger partial charge in [0.1, 0.15) is 17.6 Å². The Morgan fingerprint density at radius 2 is 1.83 bits per heavy atom. The van der Waals surface area contributed by atoms with E-state index >= 15 is 0 Å². The van der Waals surface area contributed by atoms with Gasteiger partial charge in [0.05, 0.1) is 25.4 Å². The first-order chi connectivity index (χ1) is 11.5. The van der Waals surface area contributed by atoms with E-state index in [4.69, 9.17) is 14.2 Å². The number of esters is 2. The van der Waals surface area contributed by atoms with Gasteiger partial charge in [-0.2, -0.15) is 0 Å². The van der Waals surface area contributed by atoms with Gasteiger partial charge < -0.3 is 18.9 Å². The molecule has 1 atom stereocenters. The van der Waals surface area contributed by atoms with E-state index in [1.165, 1.54) is 0 Å². The Morgan fingerprint density at radius 1 is 1.12 bits per heavy atom. The first kappa shape index (κ1) is 15.8. The summed E-state index contributed by atoms with van der Waals surface area (Å²) in [5.74, 6) is -2.08. The highest BCUT2D eigenvalue weighted by Gasteiger charge is 2.44. The Bertz CT molecular complexity index is 816. The molecule has 2 aliphatic heterocycles. The molecule has 0 aliphatic carbocycles. The third-order valence-electron chi connectivity index (χ3n) is 3.76. The lowest BCUT2D eigenvalue weighted by atomic mass is 9.89. The number of fused-ring (bicyclic) bond motifs is 2. The number of ether oxygens (including phenoxy) is 4. The van der Waals surface area contributed by atoms with Crippen molar-refractivity contribution in [1.82, 2.24) is 0 Å². The van der Waals surface area contributed by atoms with Gasteiger partial charge in [0, 0.05) is 0 Å². The molecule has 2 heterocycles. The predicted octanol–water partition coefficient (Wildman–Crippen LogP) is 1.45. The Hall–Kier alpha value is -3.09. The van der Waals surface area contributed by atoms with E-state index in [0.29, 0.717) is 11.3 Å². The summed E-state index contributed by atoms with van der Waals surface area (Å²) in [4.78, 5) is 36.7. The van der Waals surface area contributed by atoms with Crippen LogP contribution in [-0.4, -0.2) is 38.0 Å². The standard InChI is InChI=1S/C17H14O7/c1-8-4-5-11-9(6-8)13(18)10-7-23-15(17(20)22-3)12(14(10)24-11)16(19)21-2/h4-7,14H,1-3H3. The van der Waals surface area contributed by atoms with Crippen LogP contribution in [0.1, 0.15) is 15.9 Å². The minimum Gasteiger partial charge on any atom is -0.479 e. The quantitative estimate of drug-likeness (QED) is 0.758. The summed E-state index contributed by atoms with van der Waals surface area (Å²) >= 11 is 0. The Kier molecular flexibility index (Phi) is 3.84. The molecule has 7 nitrogen and oxygen atoms in total. The molecule has 124 valence electrons. The van der Waals surface area contributed by atoms with Gasteiger partial charge in [0.15, 0.2) is 11.9 Å². The van der Waals surface area contributed by atoms with Gasteiger partial charge in [-0.1, -0.05) is 11.6 Å². The SMILES string of the molecule is COC(=O)C1=C(C(=O)OC)C2Oc3ccc(C)cc3C(=O)C2=CO1. The van der Waals surface area contributed by atoms with Crippen molar-refractivity contribution >= 4 is 17.7 Å². The molecule has 0 spiro atoms. The minimum absolute atomic E-state index is 0.112. The van der Waals surface area contributed by atoms with Crippen LogP contribution < -0.4 is 4.74 Å². The molecule has 7 heteroatoms. The van der Waals surface area contributed by atoms with Crippen LogP contribution in [0.25, 0.3) is 0 Å². The molecule has 1 aromatic rings. The van der Waals surface area contributed by atoms with Crippen LogP contribution in [0.4, 0.5) is 0 Å². The van der Waals surface area contributed by atoms with Gasteiger partial charge in [0.2, 0.25) is 5.76 Å². The minimum atomic E-state index is -1.09. The van der Waals surface area contributed by atoms with Crippen molar-refractivity contribution in [2.45, 2.75) is 13.0 Å². The number of rotatable bonds is 2. The van der Waals surface area contributed by atoms with Crippen LogP contribution in [0.15, 0.2) is 41.4 Å². The number of methoxy groups -OCH3 is 2. The Morgan fingerprint density at radius 3 is 2.50 bits per heavy atom. The molecule has 0 aromatic heterocycles. The highest BCUT2D eigenvalue weighted by molar-refractivity contribution is 6.15. The van der Waals surface area contributed by atoms with Crippen molar-refractivity contribution in [1.29, 1.82) is 0 Å². The van der Waals surface area contributed by atoms with E-state index in [1.54, 1.807) is 18.2 Å². The second kappa shape index (κ2) is 5.84. The first-order valence-corrected chi connectivity index (χ1v) is 7.07. The molecule has 0 saturated carbocycles. The van der Waals surface area contributed by atoms with Crippen LogP contribution >= 0.6 is 0 Å². The summed E-state index contributed by atoms with van der Waals surface area (Å²) < 4.78 is 20.3. The van der Waals surface area contributed by atoms with E-state index in [9.17, 15) is 14.4 Å². The lowest BCUT2D eigenvalue weighted by Gasteiger charge is -2.31. The number of carbonyl (C=O) groups is 3. The maximum atomic E-state index is 12.7. The fourth-order valence-electron chi connectivity index (χ4n) is 2.58. The van der Waals surface area contributed by atoms with Gasteiger partial charge in [-0.05, 0) is 19.1 Å². The number of ketones is 1. The molecular weight excluding hydrogens is 316 g/mol. The highest BCUT2D eigenvalue weighted by Crippen LogP contribution is 2.37. The molecule has 0 radical (unpaired) electrons. The molecule has 0 saturated heterocycles. The average Bonchev–Trinajstić information content (AvgIpc) is 2.60. The molecule has 24 heavy (non-hydrogen) atoms. The van der Waals surface area contributed by atoms with Gasteiger partial charge in [-0.25, -0.2) is 9.59 Å². The van der Waals surface area contributed by atoms with Crippen molar-refractivity contribution in [3.8, 4) is 5.75 Å². The van der Waals surface area contributed by atoms with Gasteiger partial charge >= 0.3 is 11.9 Å². The number of aryl methyl sites for hydroxylation is 1. The first-order valence-electron chi connectivity index (χ1n) is 7.07. The molecule has 0 amide bonds. The van der Waals surface area contributed by atoms with Crippen molar-refractivity contribution in [2.24, 2.45) is 0 Å². The molecule has 0 N–H and O–H groups in total. The third-order valence-corrected chi connectivity index (χ3v) is 3.76. The predicted molar refractivity (Wildman–Crippen MR) is 80.2 cm³/mol. The van der Waals surface area contributed by atoms with Crippen LogP contribution in [0.5, 0.6) is 5.75 Å². The smallest absolute Gasteiger partial charge is 0.374 e. The summed E-state index contributed by atoms with van der Waals surface area (Å²) in [7, 11) is 2.31. The van der Waals surface area contributed by atoms with Gasteiger partial charge in [0.25, 0.3) is 0 Å². The summed E-state index contributed by atoms with van der Waals surface area (Å²) in [5, 5.41) is 0. The number of hydrogen-bond donors (Lipinski definition) is 0. The fourth-order valence-corrected chi connectivity index (χ4v) is 2.58. The molecule has 0 fully saturated rings. The van der Waals surface area contributed by atoms with Crippen molar-refractivity contribution in [2.75, 3.05) is 14.2 Å². The molecular formula is C17H14O7. The maximum absolute atomic E-state index is 12.7. The Labute approximate surface area is 137 Å². The summed E-state index contributed by atoms with van der Waals surface area (Å²) in [5.41, 5.74) is 1.16. The Balaban J connectivity index is 2.14. The van der Waals surface area contributed by atoms with Gasteiger partial charge in [-0.15, -0.1) is 0 Å². The zero-order chi connectivity index (χ0) is 17.4. The lowest BCUT2D eigenvalue weighted by molar-refractivity contribution is -0.142. The van der Waals surface area contributed by atoms with Crippen molar-refractivity contribution in [3.63, 3.8) is 0 Å². The fraction of sp³-hybridized carbons (Fsp3) is 0.235. The zero-order valence-electron chi connectivity index (χ0n) is 13.2. The van der Waals surface area contributed by atoms with Crippen molar-refractivity contribution < 1.29 is 33.3 Å². The van der Waals surface area contributed by atoms with Crippen molar-refractivity contribution in [3.05, 3.63) is 52.5 Å². The van der Waals surface area contributed by atoms with E-state index in [2.05, 4.69) is 4.74 Å².